The number of aromatic amines is 1. The quantitative estimate of drug-likeness (QED) is 0.780. The van der Waals surface area contributed by atoms with Crippen LogP contribution in [-0.4, -0.2) is 43.2 Å². The Morgan fingerprint density at radius 1 is 1.16 bits per heavy atom. The summed E-state index contributed by atoms with van der Waals surface area (Å²) in [5.74, 6) is -0.393. The molecule has 8 heteroatoms. The van der Waals surface area contributed by atoms with E-state index < -0.39 is 21.5 Å². The molecule has 0 unspecified atom stereocenters. The topological polar surface area (TPSA) is 99.3 Å². The minimum atomic E-state index is -3.65. The highest BCUT2D eigenvalue weighted by Gasteiger charge is 2.23. The van der Waals surface area contributed by atoms with Crippen molar-refractivity contribution in [2.75, 3.05) is 19.6 Å². The van der Waals surface area contributed by atoms with Gasteiger partial charge in [-0.1, -0.05) is 20.8 Å². The molecule has 0 aliphatic carbocycles. The number of benzene rings is 1. The van der Waals surface area contributed by atoms with Gasteiger partial charge in [0.05, 0.1) is 10.5 Å². The molecule has 0 bridgehead atoms. The van der Waals surface area contributed by atoms with E-state index in [0.717, 1.165) is 6.42 Å². The molecule has 1 amide bonds. The van der Waals surface area contributed by atoms with E-state index in [-0.39, 0.29) is 10.5 Å². The fourth-order valence-corrected chi connectivity index (χ4v) is 4.11. The first-order chi connectivity index (χ1) is 11.8. The van der Waals surface area contributed by atoms with Gasteiger partial charge in [0.25, 0.3) is 5.91 Å². The molecule has 0 radical (unpaired) electrons. The third kappa shape index (κ3) is 3.91. The van der Waals surface area contributed by atoms with E-state index in [0.29, 0.717) is 30.5 Å². The number of nitrogens with one attached hydrogen (secondary N) is 2. The summed E-state index contributed by atoms with van der Waals surface area (Å²) in [6.07, 6.45) is 0.758. The van der Waals surface area contributed by atoms with Gasteiger partial charge in [-0.15, -0.1) is 0 Å². The Bertz CT molecular complexity index is 931. The molecular formula is C17H23N3O4S. The number of H-pyrrole nitrogens is 1. The Balaban J connectivity index is 2.64. The Kier molecular flexibility index (Phi) is 5.97. The number of hydrogen-bond donors (Lipinski definition) is 2. The zero-order chi connectivity index (χ0) is 18.6. The average Bonchev–Trinajstić information content (AvgIpc) is 2.59. The van der Waals surface area contributed by atoms with Gasteiger partial charge in [-0.3, -0.25) is 9.59 Å². The van der Waals surface area contributed by atoms with Crippen LogP contribution < -0.4 is 10.9 Å². The molecule has 0 spiro atoms. The molecule has 7 nitrogen and oxygen atoms in total. The second kappa shape index (κ2) is 7.79. The second-order valence-corrected chi connectivity index (χ2v) is 7.54. The van der Waals surface area contributed by atoms with E-state index in [2.05, 4.69) is 10.3 Å². The molecule has 0 atom stereocenters. The van der Waals surface area contributed by atoms with E-state index in [1.165, 1.54) is 28.6 Å². The van der Waals surface area contributed by atoms with Gasteiger partial charge in [0, 0.05) is 36.6 Å². The molecule has 25 heavy (non-hydrogen) atoms. The minimum Gasteiger partial charge on any atom is -0.352 e. The number of fused-ring (bicyclic) bond motifs is 1. The van der Waals surface area contributed by atoms with Crippen LogP contribution in [0.2, 0.25) is 0 Å². The first kappa shape index (κ1) is 19.1. The van der Waals surface area contributed by atoms with Crippen LogP contribution in [0.25, 0.3) is 10.9 Å². The lowest BCUT2D eigenvalue weighted by Crippen LogP contribution is -2.30. The molecule has 2 aromatic rings. The molecule has 1 aromatic carbocycles. The van der Waals surface area contributed by atoms with Gasteiger partial charge in [0.15, 0.2) is 0 Å². The van der Waals surface area contributed by atoms with Crippen molar-refractivity contribution in [2.45, 2.75) is 32.1 Å². The SMILES string of the molecule is CCCNC(=O)c1cc(=O)[nH]c2ccc(S(=O)(=O)N(CC)CC)cc12. The lowest BCUT2D eigenvalue weighted by Gasteiger charge is -2.19. The highest BCUT2D eigenvalue weighted by Crippen LogP contribution is 2.22. The normalized spacial score (nSPS) is 11.8. The van der Waals surface area contributed by atoms with Gasteiger partial charge in [0.2, 0.25) is 15.6 Å². The smallest absolute Gasteiger partial charge is 0.252 e. The Hall–Kier alpha value is -2.19. The number of sulfonamides is 1. The fourth-order valence-electron chi connectivity index (χ4n) is 2.63. The van der Waals surface area contributed by atoms with Gasteiger partial charge in [-0.05, 0) is 24.6 Å². The average molecular weight is 365 g/mol. The number of rotatable bonds is 7. The molecule has 2 N–H and O–H groups in total. The molecule has 1 heterocycles. The van der Waals surface area contributed by atoms with E-state index in [1.807, 2.05) is 6.92 Å². The minimum absolute atomic E-state index is 0.0975. The predicted octanol–water partition coefficient (Wildman–Crippen LogP) is 1.70. The van der Waals surface area contributed by atoms with Crippen LogP contribution in [0.4, 0.5) is 0 Å². The third-order valence-corrected chi connectivity index (χ3v) is 5.98. The Morgan fingerprint density at radius 2 is 1.84 bits per heavy atom. The molecule has 1 aromatic heterocycles. The number of hydrogen-bond acceptors (Lipinski definition) is 4. The maximum absolute atomic E-state index is 12.7. The van der Waals surface area contributed by atoms with Crippen molar-refractivity contribution in [2.24, 2.45) is 0 Å². The number of carbonyl (C=O) groups excluding carboxylic acids is 1. The van der Waals surface area contributed by atoms with Crippen LogP contribution in [0.5, 0.6) is 0 Å². The second-order valence-electron chi connectivity index (χ2n) is 5.60. The summed E-state index contributed by atoms with van der Waals surface area (Å²) in [6.45, 7) is 6.64. The van der Waals surface area contributed by atoms with Crippen LogP contribution in [0.1, 0.15) is 37.6 Å². The molecule has 0 saturated carbocycles. The molecular weight excluding hydrogens is 342 g/mol. The van der Waals surface area contributed by atoms with Gasteiger partial charge in [-0.2, -0.15) is 4.31 Å². The van der Waals surface area contributed by atoms with Crippen molar-refractivity contribution in [3.63, 3.8) is 0 Å². The van der Waals surface area contributed by atoms with Gasteiger partial charge in [0.1, 0.15) is 0 Å². The van der Waals surface area contributed by atoms with Crippen molar-refractivity contribution in [3.8, 4) is 0 Å². The number of nitrogens with zero attached hydrogens (tertiary/aromatic N) is 1. The van der Waals surface area contributed by atoms with E-state index in [1.54, 1.807) is 13.8 Å². The summed E-state index contributed by atoms with van der Waals surface area (Å²) in [4.78, 5) is 26.9. The van der Waals surface area contributed by atoms with Crippen molar-refractivity contribution in [1.82, 2.24) is 14.6 Å². The predicted molar refractivity (Wildman–Crippen MR) is 97.3 cm³/mol. The van der Waals surface area contributed by atoms with Crippen LogP contribution in [0.3, 0.4) is 0 Å². The lowest BCUT2D eigenvalue weighted by molar-refractivity contribution is 0.0955. The summed E-state index contributed by atoms with van der Waals surface area (Å²) in [6, 6.07) is 5.60. The molecule has 0 aliphatic rings. The summed E-state index contributed by atoms with van der Waals surface area (Å²) in [7, 11) is -3.65. The standard InChI is InChI=1S/C17H23N3O4S/c1-4-9-18-17(22)14-11-16(21)19-15-8-7-12(10-13(14)15)25(23,24)20(5-2)6-3/h7-8,10-11H,4-6,9H2,1-3H3,(H,18,22)(H,19,21). The molecule has 0 fully saturated rings. The first-order valence-electron chi connectivity index (χ1n) is 8.30. The highest BCUT2D eigenvalue weighted by molar-refractivity contribution is 7.89. The molecule has 0 saturated heterocycles. The number of amides is 1. The maximum atomic E-state index is 12.7. The van der Waals surface area contributed by atoms with E-state index in [4.69, 9.17) is 0 Å². The number of aromatic nitrogens is 1. The maximum Gasteiger partial charge on any atom is 0.252 e. The third-order valence-electron chi connectivity index (χ3n) is 3.94. The Morgan fingerprint density at radius 3 is 2.44 bits per heavy atom. The van der Waals surface area contributed by atoms with Crippen molar-refractivity contribution >= 4 is 26.8 Å². The summed E-state index contributed by atoms with van der Waals surface area (Å²) in [5.41, 5.74) is 0.185. The molecule has 136 valence electrons. The zero-order valence-corrected chi connectivity index (χ0v) is 15.4. The number of pyridine rings is 1. The van der Waals surface area contributed by atoms with Gasteiger partial charge >= 0.3 is 0 Å². The first-order valence-corrected chi connectivity index (χ1v) is 9.74. The van der Waals surface area contributed by atoms with Crippen molar-refractivity contribution in [1.29, 1.82) is 0 Å². The number of carbonyl (C=O) groups is 1. The summed E-state index contributed by atoms with van der Waals surface area (Å²) < 4.78 is 26.8. The largest absolute Gasteiger partial charge is 0.352 e. The molecule has 0 aliphatic heterocycles. The van der Waals surface area contributed by atoms with E-state index in [9.17, 15) is 18.0 Å². The van der Waals surface area contributed by atoms with Crippen LogP contribution in [0, 0.1) is 0 Å². The van der Waals surface area contributed by atoms with Crippen LogP contribution >= 0.6 is 0 Å². The summed E-state index contributed by atoms with van der Waals surface area (Å²) in [5, 5.41) is 3.12. The Labute approximate surface area is 147 Å². The molecule has 2 rings (SSSR count). The van der Waals surface area contributed by atoms with Crippen molar-refractivity contribution < 1.29 is 13.2 Å². The monoisotopic (exact) mass is 365 g/mol. The lowest BCUT2D eigenvalue weighted by atomic mass is 10.1. The van der Waals surface area contributed by atoms with Crippen molar-refractivity contribution in [3.05, 3.63) is 40.2 Å². The van der Waals surface area contributed by atoms with E-state index >= 15 is 0 Å². The van der Waals surface area contributed by atoms with Crippen LogP contribution in [-0.2, 0) is 10.0 Å². The van der Waals surface area contributed by atoms with Gasteiger partial charge in [-0.25, -0.2) is 8.42 Å². The van der Waals surface area contributed by atoms with Gasteiger partial charge < -0.3 is 10.3 Å². The zero-order valence-electron chi connectivity index (χ0n) is 14.6. The van der Waals surface area contributed by atoms with Crippen LogP contribution in [0.15, 0.2) is 34.0 Å². The highest BCUT2D eigenvalue weighted by atomic mass is 32.2. The summed E-state index contributed by atoms with van der Waals surface area (Å²) >= 11 is 0. The fraction of sp³-hybridized carbons (Fsp3) is 0.412.